The maximum absolute atomic E-state index is 12.9. The Morgan fingerprint density at radius 2 is 1.77 bits per heavy atom. The van der Waals surface area contributed by atoms with Crippen LogP contribution in [0.2, 0.25) is 0 Å². The fraction of sp³-hybridized carbons (Fsp3) is 0.364. The number of nitrogens with one attached hydrogen (secondary N) is 1. The molecule has 1 aliphatic rings. The van der Waals surface area contributed by atoms with Crippen molar-refractivity contribution in [2.24, 2.45) is 5.92 Å². The number of hydrogen-bond acceptors (Lipinski definition) is 6. The van der Waals surface area contributed by atoms with E-state index in [4.69, 9.17) is 0 Å². The lowest BCUT2D eigenvalue weighted by molar-refractivity contribution is -0.120. The van der Waals surface area contributed by atoms with Gasteiger partial charge in [0.2, 0.25) is 15.9 Å². The number of anilines is 1. The standard InChI is InChI=1S/C22H25N3O3S3/c1-14-12-19-20(13-15(14)2)30-22(23-19)24-21(26)16-8-10-25(11-9-16)31(27,28)18-6-4-17(29-3)5-7-18/h4-7,12-13,16H,8-11H2,1-3H3,(H,23,24,26). The van der Waals surface area contributed by atoms with Crippen LogP contribution in [0, 0.1) is 19.8 Å². The summed E-state index contributed by atoms with van der Waals surface area (Å²) in [4.78, 5) is 18.6. The zero-order valence-electron chi connectivity index (χ0n) is 17.7. The first kappa shape index (κ1) is 22.3. The van der Waals surface area contributed by atoms with Crippen molar-refractivity contribution in [3.8, 4) is 0 Å². The average molecular weight is 476 g/mol. The number of rotatable bonds is 5. The summed E-state index contributed by atoms with van der Waals surface area (Å²) in [6.07, 6.45) is 2.95. The van der Waals surface area contributed by atoms with E-state index < -0.39 is 10.0 Å². The molecule has 1 saturated heterocycles. The molecule has 1 amide bonds. The second kappa shape index (κ2) is 8.90. The minimum absolute atomic E-state index is 0.0890. The quantitative estimate of drug-likeness (QED) is 0.542. The van der Waals surface area contributed by atoms with Crippen molar-refractivity contribution in [3.63, 3.8) is 0 Å². The normalized spacial score (nSPS) is 16.0. The second-order valence-electron chi connectivity index (χ2n) is 7.77. The zero-order valence-corrected chi connectivity index (χ0v) is 20.2. The SMILES string of the molecule is CSc1ccc(S(=O)(=O)N2CCC(C(=O)Nc3nc4cc(C)c(C)cc4s3)CC2)cc1. The predicted molar refractivity (Wildman–Crippen MR) is 127 cm³/mol. The van der Waals surface area contributed by atoms with Crippen molar-refractivity contribution in [3.05, 3.63) is 47.5 Å². The molecule has 164 valence electrons. The summed E-state index contributed by atoms with van der Waals surface area (Å²) in [6.45, 7) is 4.78. The lowest BCUT2D eigenvalue weighted by Crippen LogP contribution is -2.41. The summed E-state index contributed by atoms with van der Waals surface area (Å²) < 4.78 is 28.4. The van der Waals surface area contributed by atoms with Crippen LogP contribution in [0.1, 0.15) is 24.0 Å². The Kier molecular flexibility index (Phi) is 6.39. The van der Waals surface area contributed by atoms with Gasteiger partial charge >= 0.3 is 0 Å². The number of hydrogen-bond donors (Lipinski definition) is 1. The minimum Gasteiger partial charge on any atom is -0.302 e. The first-order valence-corrected chi connectivity index (χ1v) is 13.6. The molecule has 4 rings (SSSR count). The molecular weight excluding hydrogens is 450 g/mol. The van der Waals surface area contributed by atoms with E-state index in [0.717, 1.165) is 15.1 Å². The van der Waals surface area contributed by atoms with Crippen molar-refractivity contribution in [1.82, 2.24) is 9.29 Å². The maximum Gasteiger partial charge on any atom is 0.243 e. The Balaban J connectivity index is 1.39. The van der Waals surface area contributed by atoms with Gasteiger partial charge in [-0.2, -0.15) is 4.31 Å². The third kappa shape index (κ3) is 4.64. The molecular formula is C22H25N3O3S3. The number of fused-ring (bicyclic) bond motifs is 1. The molecule has 1 N–H and O–H groups in total. The minimum atomic E-state index is -3.54. The smallest absolute Gasteiger partial charge is 0.243 e. The van der Waals surface area contributed by atoms with E-state index in [1.165, 1.54) is 26.8 Å². The van der Waals surface area contributed by atoms with E-state index in [0.29, 0.717) is 36.0 Å². The fourth-order valence-electron chi connectivity index (χ4n) is 3.70. The average Bonchev–Trinajstić information content (AvgIpc) is 3.14. The Labute approximate surface area is 191 Å². The number of nitrogens with zero attached hydrogens (tertiary/aromatic N) is 2. The van der Waals surface area contributed by atoms with E-state index in [2.05, 4.69) is 23.3 Å². The van der Waals surface area contributed by atoms with Gasteiger partial charge in [-0.15, -0.1) is 11.8 Å². The van der Waals surface area contributed by atoms with Gasteiger partial charge in [0.1, 0.15) is 0 Å². The molecule has 0 radical (unpaired) electrons. The summed E-state index contributed by atoms with van der Waals surface area (Å²) in [6, 6.07) is 11.1. The van der Waals surface area contributed by atoms with Gasteiger partial charge in [-0.05, 0) is 80.5 Å². The number of aromatic nitrogens is 1. The summed E-state index contributed by atoms with van der Waals surface area (Å²) in [7, 11) is -3.54. The Bertz CT molecular complexity index is 1170. The van der Waals surface area contributed by atoms with E-state index in [9.17, 15) is 13.2 Å². The molecule has 9 heteroatoms. The molecule has 0 bridgehead atoms. The third-order valence-electron chi connectivity index (χ3n) is 5.76. The Morgan fingerprint density at radius 1 is 1.13 bits per heavy atom. The van der Waals surface area contributed by atoms with Gasteiger partial charge in [0.25, 0.3) is 0 Å². The molecule has 31 heavy (non-hydrogen) atoms. The number of carbonyl (C=O) groups is 1. The molecule has 0 spiro atoms. The number of aryl methyl sites for hydroxylation is 2. The molecule has 1 fully saturated rings. The first-order chi connectivity index (χ1) is 14.8. The van der Waals surface area contributed by atoms with Crippen LogP contribution in [0.4, 0.5) is 5.13 Å². The van der Waals surface area contributed by atoms with Crippen LogP contribution in [-0.4, -0.2) is 43.0 Å². The summed E-state index contributed by atoms with van der Waals surface area (Å²) in [5.74, 6) is -0.310. The molecule has 2 heterocycles. The number of thiazole rings is 1. The number of amides is 1. The van der Waals surface area contributed by atoms with Crippen molar-refractivity contribution >= 4 is 54.4 Å². The number of carbonyl (C=O) groups excluding carboxylic acids is 1. The number of piperidine rings is 1. The lowest BCUT2D eigenvalue weighted by atomic mass is 9.97. The van der Waals surface area contributed by atoms with Gasteiger partial charge in [-0.1, -0.05) is 11.3 Å². The number of thioether (sulfide) groups is 1. The number of sulfonamides is 1. The van der Waals surface area contributed by atoms with E-state index in [1.807, 2.05) is 31.4 Å². The van der Waals surface area contributed by atoms with E-state index in [1.54, 1.807) is 23.9 Å². The lowest BCUT2D eigenvalue weighted by Gasteiger charge is -2.30. The van der Waals surface area contributed by atoms with Crippen LogP contribution < -0.4 is 5.32 Å². The van der Waals surface area contributed by atoms with Crippen LogP contribution in [0.3, 0.4) is 0 Å². The topological polar surface area (TPSA) is 79.4 Å². The van der Waals surface area contributed by atoms with Crippen LogP contribution in [0.25, 0.3) is 10.2 Å². The van der Waals surface area contributed by atoms with E-state index in [-0.39, 0.29) is 11.8 Å². The van der Waals surface area contributed by atoms with Crippen LogP contribution in [0.15, 0.2) is 46.2 Å². The molecule has 0 atom stereocenters. The highest BCUT2D eigenvalue weighted by molar-refractivity contribution is 7.98. The maximum atomic E-state index is 12.9. The molecule has 6 nitrogen and oxygen atoms in total. The van der Waals surface area contributed by atoms with Gasteiger partial charge in [0, 0.05) is 23.9 Å². The molecule has 1 aromatic heterocycles. The Hall–Kier alpha value is -1.94. The van der Waals surface area contributed by atoms with Gasteiger partial charge in [-0.3, -0.25) is 4.79 Å². The van der Waals surface area contributed by atoms with Gasteiger partial charge in [0.15, 0.2) is 5.13 Å². The second-order valence-corrected chi connectivity index (χ2v) is 11.6. The molecule has 3 aromatic rings. The monoisotopic (exact) mass is 475 g/mol. The molecule has 0 aliphatic carbocycles. The molecule has 1 aliphatic heterocycles. The highest BCUT2D eigenvalue weighted by Gasteiger charge is 2.32. The Morgan fingerprint density at radius 3 is 2.42 bits per heavy atom. The summed E-state index contributed by atoms with van der Waals surface area (Å²) in [5.41, 5.74) is 3.26. The first-order valence-electron chi connectivity index (χ1n) is 10.1. The van der Waals surface area contributed by atoms with Crippen molar-refractivity contribution in [2.45, 2.75) is 36.5 Å². The van der Waals surface area contributed by atoms with Crippen LogP contribution in [-0.2, 0) is 14.8 Å². The zero-order chi connectivity index (χ0) is 22.2. The summed E-state index contributed by atoms with van der Waals surface area (Å²) >= 11 is 3.04. The predicted octanol–water partition coefficient (Wildman–Crippen LogP) is 4.67. The largest absolute Gasteiger partial charge is 0.302 e. The van der Waals surface area contributed by atoms with Crippen LogP contribution in [0.5, 0.6) is 0 Å². The van der Waals surface area contributed by atoms with Gasteiger partial charge in [-0.25, -0.2) is 13.4 Å². The van der Waals surface area contributed by atoms with Crippen molar-refractivity contribution in [1.29, 1.82) is 0 Å². The van der Waals surface area contributed by atoms with E-state index >= 15 is 0 Å². The molecule has 0 unspecified atom stereocenters. The highest BCUT2D eigenvalue weighted by atomic mass is 32.2. The van der Waals surface area contributed by atoms with Crippen LogP contribution >= 0.6 is 23.1 Å². The summed E-state index contributed by atoms with van der Waals surface area (Å²) in [5, 5.41) is 3.53. The van der Waals surface area contributed by atoms with Crippen molar-refractivity contribution < 1.29 is 13.2 Å². The fourth-order valence-corrected chi connectivity index (χ4v) is 6.52. The molecule has 0 saturated carbocycles. The third-order valence-corrected chi connectivity index (χ3v) is 9.35. The number of benzene rings is 2. The molecule has 2 aromatic carbocycles. The van der Waals surface area contributed by atoms with Gasteiger partial charge < -0.3 is 5.32 Å². The highest BCUT2D eigenvalue weighted by Crippen LogP contribution is 2.30. The van der Waals surface area contributed by atoms with Gasteiger partial charge in [0.05, 0.1) is 15.1 Å². The van der Waals surface area contributed by atoms with Crippen molar-refractivity contribution in [2.75, 3.05) is 24.7 Å².